The molecule has 3 heterocycles. The molecule has 6 nitrogen and oxygen atoms in total. The second-order valence-electron chi connectivity index (χ2n) is 6.02. The van der Waals surface area contributed by atoms with Crippen molar-refractivity contribution in [1.29, 1.82) is 0 Å². The molecular formula is C18H14INO5. The maximum absolute atomic E-state index is 13.2. The normalized spacial score (nSPS) is 19.7. The van der Waals surface area contributed by atoms with Crippen LogP contribution in [0.4, 0.5) is 5.69 Å². The molecule has 5 rings (SSSR count). The van der Waals surface area contributed by atoms with Crippen LogP contribution in [0.1, 0.15) is 11.1 Å². The summed E-state index contributed by atoms with van der Waals surface area (Å²) in [6, 6.07) is 11.5. The van der Waals surface area contributed by atoms with E-state index in [0.29, 0.717) is 25.5 Å². The quantitative estimate of drug-likeness (QED) is 0.658. The number of ether oxygens (including phenoxy) is 4. The number of nitrogens with zero attached hydrogens (tertiary/aromatic N) is 1. The number of benzene rings is 2. The van der Waals surface area contributed by atoms with Gasteiger partial charge in [-0.25, -0.2) is 0 Å². The van der Waals surface area contributed by atoms with Crippen molar-refractivity contribution in [1.82, 2.24) is 0 Å². The lowest BCUT2D eigenvalue weighted by atomic mass is 10.1. The van der Waals surface area contributed by atoms with Crippen LogP contribution >= 0.6 is 22.6 Å². The van der Waals surface area contributed by atoms with Crippen molar-refractivity contribution in [2.75, 3.05) is 24.9 Å². The number of para-hydroxylation sites is 1. The fraction of sp³-hybridized carbons (Fsp3) is 0.278. The van der Waals surface area contributed by atoms with Crippen LogP contribution in [-0.2, 0) is 26.6 Å². The summed E-state index contributed by atoms with van der Waals surface area (Å²) >= 11 is 2.25. The summed E-state index contributed by atoms with van der Waals surface area (Å²) < 4.78 is 23.4. The molecule has 0 atom stereocenters. The first-order valence-corrected chi connectivity index (χ1v) is 9.04. The molecule has 3 aliphatic heterocycles. The van der Waals surface area contributed by atoms with Gasteiger partial charge in [0.05, 0.1) is 25.4 Å². The highest BCUT2D eigenvalue weighted by molar-refractivity contribution is 14.1. The predicted molar refractivity (Wildman–Crippen MR) is 96.5 cm³/mol. The SMILES string of the molecule is O=C1N(Cc2cc3c(cc2I)OCO3)c2ccccc2C12OCCO2. The van der Waals surface area contributed by atoms with Gasteiger partial charge in [-0.05, 0) is 46.4 Å². The lowest BCUT2D eigenvalue weighted by molar-refractivity contribution is -0.180. The first-order valence-electron chi connectivity index (χ1n) is 7.96. The Labute approximate surface area is 157 Å². The minimum Gasteiger partial charge on any atom is -0.454 e. The average molecular weight is 451 g/mol. The Kier molecular flexibility index (Phi) is 3.44. The van der Waals surface area contributed by atoms with Crippen molar-refractivity contribution >= 4 is 34.2 Å². The number of fused-ring (bicyclic) bond motifs is 3. The largest absolute Gasteiger partial charge is 0.454 e. The van der Waals surface area contributed by atoms with Crippen molar-refractivity contribution in [2.45, 2.75) is 12.3 Å². The molecular weight excluding hydrogens is 437 g/mol. The molecule has 3 aliphatic rings. The summed E-state index contributed by atoms with van der Waals surface area (Å²) in [4.78, 5) is 14.9. The molecule has 128 valence electrons. The van der Waals surface area contributed by atoms with Gasteiger partial charge in [-0.1, -0.05) is 18.2 Å². The predicted octanol–water partition coefficient (Wildman–Crippen LogP) is 2.77. The van der Waals surface area contributed by atoms with Crippen LogP contribution in [0.25, 0.3) is 0 Å². The number of rotatable bonds is 2. The highest BCUT2D eigenvalue weighted by atomic mass is 127. The van der Waals surface area contributed by atoms with E-state index in [9.17, 15) is 4.79 Å². The third kappa shape index (κ3) is 2.19. The van der Waals surface area contributed by atoms with E-state index in [-0.39, 0.29) is 12.7 Å². The van der Waals surface area contributed by atoms with Crippen molar-refractivity contribution < 1.29 is 23.7 Å². The van der Waals surface area contributed by atoms with Crippen molar-refractivity contribution in [3.8, 4) is 11.5 Å². The maximum Gasteiger partial charge on any atom is 0.292 e. The lowest BCUT2D eigenvalue weighted by Gasteiger charge is -2.22. The van der Waals surface area contributed by atoms with Gasteiger partial charge in [0.1, 0.15) is 0 Å². The highest BCUT2D eigenvalue weighted by Crippen LogP contribution is 2.46. The standard InChI is InChI=1S/C18H14INO5/c19-13-8-16-15(22-10-23-16)7-11(13)9-20-14-4-2-1-3-12(14)18(17(20)21)24-5-6-25-18/h1-4,7-8H,5-6,9-10H2. The second kappa shape index (κ2) is 5.58. The average Bonchev–Trinajstić information content (AvgIpc) is 3.32. The number of anilines is 1. The van der Waals surface area contributed by atoms with E-state index in [2.05, 4.69) is 22.6 Å². The molecule has 2 aromatic carbocycles. The number of carbonyl (C=O) groups excluding carboxylic acids is 1. The molecule has 1 saturated heterocycles. The van der Waals surface area contributed by atoms with Gasteiger partial charge in [0.15, 0.2) is 11.5 Å². The van der Waals surface area contributed by atoms with E-state index in [1.807, 2.05) is 36.4 Å². The van der Waals surface area contributed by atoms with Crippen LogP contribution in [0.15, 0.2) is 36.4 Å². The van der Waals surface area contributed by atoms with Gasteiger partial charge in [-0.3, -0.25) is 4.79 Å². The monoisotopic (exact) mass is 451 g/mol. The maximum atomic E-state index is 13.2. The van der Waals surface area contributed by atoms with E-state index in [0.717, 1.165) is 26.1 Å². The van der Waals surface area contributed by atoms with Gasteiger partial charge in [0.25, 0.3) is 11.7 Å². The molecule has 2 aromatic rings. The summed E-state index contributed by atoms with van der Waals surface area (Å²) in [5.41, 5.74) is 2.58. The Bertz CT molecular complexity index is 878. The molecule has 0 bridgehead atoms. The first kappa shape index (κ1) is 15.4. The molecule has 0 unspecified atom stereocenters. The molecule has 0 N–H and O–H groups in total. The van der Waals surface area contributed by atoms with E-state index < -0.39 is 5.79 Å². The third-order valence-electron chi connectivity index (χ3n) is 4.64. The molecule has 0 radical (unpaired) electrons. The summed E-state index contributed by atoms with van der Waals surface area (Å²) in [5, 5.41) is 0. The van der Waals surface area contributed by atoms with Gasteiger partial charge in [-0.15, -0.1) is 0 Å². The third-order valence-corrected chi connectivity index (χ3v) is 5.64. The Morgan fingerprint density at radius 2 is 1.80 bits per heavy atom. The fourth-order valence-corrected chi connectivity index (χ4v) is 4.10. The molecule has 1 fully saturated rings. The molecule has 0 aromatic heterocycles. The summed E-state index contributed by atoms with van der Waals surface area (Å²) in [6.45, 7) is 1.47. The van der Waals surface area contributed by atoms with Crippen LogP contribution in [0, 0.1) is 3.57 Å². The molecule has 7 heteroatoms. The second-order valence-corrected chi connectivity index (χ2v) is 7.18. The van der Waals surface area contributed by atoms with Crippen molar-refractivity contribution in [3.63, 3.8) is 0 Å². The molecule has 1 amide bonds. The first-order chi connectivity index (χ1) is 12.2. The van der Waals surface area contributed by atoms with Gasteiger partial charge in [-0.2, -0.15) is 0 Å². The molecule has 0 aliphatic carbocycles. The summed E-state index contributed by atoms with van der Waals surface area (Å²) in [6.07, 6.45) is 0. The zero-order valence-electron chi connectivity index (χ0n) is 13.2. The number of halogens is 1. The zero-order chi connectivity index (χ0) is 17.0. The number of carbonyl (C=O) groups is 1. The fourth-order valence-electron chi connectivity index (χ4n) is 3.49. The minimum absolute atomic E-state index is 0.181. The van der Waals surface area contributed by atoms with E-state index in [4.69, 9.17) is 18.9 Å². The highest BCUT2D eigenvalue weighted by Gasteiger charge is 2.55. The van der Waals surface area contributed by atoms with Gasteiger partial charge < -0.3 is 23.8 Å². The Morgan fingerprint density at radius 1 is 1.08 bits per heavy atom. The van der Waals surface area contributed by atoms with Crippen LogP contribution in [0.2, 0.25) is 0 Å². The van der Waals surface area contributed by atoms with Crippen LogP contribution in [0.3, 0.4) is 0 Å². The zero-order valence-corrected chi connectivity index (χ0v) is 15.3. The lowest BCUT2D eigenvalue weighted by Crippen LogP contribution is -2.41. The number of amides is 1. The van der Waals surface area contributed by atoms with E-state index in [1.165, 1.54) is 0 Å². The van der Waals surface area contributed by atoms with Gasteiger partial charge in [0.2, 0.25) is 6.79 Å². The number of hydrogen-bond donors (Lipinski definition) is 0. The van der Waals surface area contributed by atoms with Crippen LogP contribution in [-0.4, -0.2) is 25.9 Å². The van der Waals surface area contributed by atoms with E-state index in [1.54, 1.807) is 4.90 Å². The van der Waals surface area contributed by atoms with Gasteiger partial charge >= 0.3 is 0 Å². The Morgan fingerprint density at radius 3 is 2.60 bits per heavy atom. The Balaban J connectivity index is 1.56. The Hall–Kier alpha value is -1.84. The van der Waals surface area contributed by atoms with Crippen molar-refractivity contribution in [3.05, 3.63) is 51.1 Å². The van der Waals surface area contributed by atoms with Crippen molar-refractivity contribution in [2.24, 2.45) is 0 Å². The topological polar surface area (TPSA) is 57.2 Å². The van der Waals surface area contributed by atoms with Crippen LogP contribution in [0.5, 0.6) is 11.5 Å². The smallest absolute Gasteiger partial charge is 0.292 e. The molecule has 0 saturated carbocycles. The minimum atomic E-state index is -1.29. The van der Waals surface area contributed by atoms with Crippen LogP contribution < -0.4 is 14.4 Å². The summed E-state index contributed by atoms with van der Waals surface area (Å²) in [5.74, 6) is -0.0310. The molecule has 1 spiro atoms. The van der Waals surface area contributed by atoms with E-state index >= 15 is 0 Å². The summed E-state index contributed by atoms with van der Waals surface area (Å²) in [7, 11) is 0. The number of hydrogen-bond acceptors (Lipinski definition) is 5. The molecule has 25 heavy (non-hydrogen) atoms. The van der Waals surface area contributed by atoms with Gasteiger partial charge in [0, 0.05) is 9.13 Å².